The van der Waals surface area contributed by atoms with Crippen molar-refractivity contribution >= 4 is 0 Å². The van der Waals surface area contributed by atoms with Crippen molar-refractivity contribution in [2.45, 2.75) is 86.5 Å². The van der Waals surface area contributed by atoms with Crippen LogP contribution in [0.2, 0.25) is 0 Å². The minimum absolute atomic E-state index is 0.848. The summed E-state index contributed by atoms with van der Waals surface area (Å²) in [7, 11) is 0. The van der Waals surface area contributed by atoms with Gasteiger partial charge in [0.25, 0.3) is 0 Å². The molecule has 17 heavy (non-hydrogen) atoms. The lowest BCUT2D eigenvalue weighted by Gasteiger charge is -2.34. The molecule has 0 aromatic rings. The molecule has 0 aromatic carbocycles. The van der Waals surface area contributed by atoms with Gasteiger partial charge in [0.05, 0.1) is 0 Å². The predicted molar refractivity (Wildman–Crippen MR) is 80.3 cm³/mol. The number of rotatable bonds is 10. The summed E-state index contributed by atoms with van der Waals surface area (Å²) in [4.78, 5) is 0. The fraction of sp³-hybridized carbons (Fsp3) is 1.00. The third kappa shape index (κ3) is 6.48. The summed E-state index contributed by atoms with van der Waals surface area (Å²) in [5.74, 6) is 3.64. The zero-order chi connectivity index (χ0) is 13.3. The second-order valence-electron chi connectivity index (χ2n) is 6.22. The molecule has 0 fully saturated rings. The normalized spacial score (nSPS) is 17.1. The highest BCUT2D eigenvalue weighted by atomic mass is 14.3. The lowest BCUT2D eigenvalue weighted by Crippen LogP contribution is -2.26. The maximum atomic E-state index is 2.46. The molecule has 0 spiro atoms. The van der Waals surface area contributed by atoms with E-state index in [2.05, 4.69) is 41.5 Å². The van der Waals surface area contributed by atoms with Crippen molar-refractivity contribution in [3.8, 4) is 0 Å². The Hall–Kier alpha value is 0. The van der Waals surface area contributed by atoms with E-state index in [-0.39, 0.29) is 0 Å². The van der Waals surface area contributed by atoms with Gasteiger partial charge in [0, 0.05) is 0 Å². The third-order valence-electron chi connectivity index (χ3n) is 4.57. The predicted octanol–water partition coefficient (Wildman–Crippen LogP) is 6.30. The Morgan fingerprint density at radius 2 is 1.41 bits per heavy atom. The monoisotopic (exact) mass is 240 g/mol. The first-order chi connectivity index (χ1) is 8.08. The largest absolute Gasteiger partial charge is 0.0654 e. The first kappa shape index (κ1) is 17.0. The van der Waals surface area contributed by atoms with Crippen LogP contribution in [-0.2, 0) is 0 Å². The fourth-order valence-corrected chi connectivity index (χ4v) is 3.44. The highest BCUT2D eigenvalue weighted by Crippen LogP contribution is 2.35. The molecule has 3 atom stereocenters. The third-order valence-corrected chi connectivity index (χ3v) is 4.57. The van der Waals surface area contributed by atoms with Gasteiger partial charge in [0.1, 0.15) is 0 Å². The first-order valence-corrected chi connectivity index (χ1v) is 8.08. The van der Waals surface area contributed by atoms with Crippen molar-refractivity contribution in [3.05, 3.63) is 0 Å². The highest BCUT2D eigenvalue weighted by molar-refractivity contribution is 4.76. The Morgan fingerprint density at radius 1 is 0.765 bits per heavy atom. The maximum Gasteiger partial charge on any atom is -0.0337 e. The summed E-state index contributed by atoms with van der Waals surface area (Å²) in [5.41, 5.74) is 0. The lowest BCUT2D eigenvalue weighted by atomic mass is 9.71. The standard InChI is InChI=1S/C17H36/c1-7-10-11-12-13-16(9-3)17(14(4)5)15(6)8-2/h14-17H,7-13H2,1-6H3. The molecule has 104 valence electrons. The number of unbranched alkanes of at least 4 members (excludes halogenated alkanes) is 3. The molecule has 0 aromatic heterocycles. The van der Waals surface area contributed by atoms with Crippen molar-refractivity contribution in [1.29, 1.82) is 0 Å². The minimum Gasteiger partial charge on any atom is -0.0654 e. The van der Waals surface area contributed by atoms with Crippen LogP contribution in [0, 0.1) is 23.7 Å². The van der Waals surface area contributed by atoms with Gasteiger partial charge in [-0.2, -0.15) is 0 Å². The summed E-state index contributed by atoms with van der Waals surface area (Å²) in [5, 5.41) is 0. The van der Waals surface area contributed by atoms with Gasteiger partial charge in [0.2, 0.25) is 0 Å². The van der Waals surface area contributed by atoms with Crippen molar-refractivity contribution in [1.82, 2.24) is 0 Å². The molecule has 0 aliphatic carbocycles. The summed E-state index contributed by atoms with van der Waals surface area (Å²) in [6.07, 6.45) is 9.85. The minimum atomic E-state index is 0.848. The van der Waals surface area contributed by atoms with E-state index in [0.29, 0.717) is 0 Å². The zero-order valence-electron chi connectivity index (χ0n) is 13.3. The van der Waals surface area contributed by atoms with Gasteiger partial charge in [-0.05, 0) is 23.7 Å². The Balaban J connectivity index is 4.25. The summed E-state index contributed by atoms with van der Waals surface area (Å²) in [6.45, 7) is 14.3. The van der Waals surface area contributed by atoms with Crippen molar-refractivity contribution in [2.24, 2.45) is 23.7 Å². The second-order valence-corrected chi connectivity index (χ2v) is 6.22. The molecular formula is C17H36. The van der Waals surface area contributed by atoms with E-state index >= 15 is 0 Å². The molecule has 0 saturated carbocycles. The van der Waals surface area contributed by atoms with Crippen LogP contribution in [0.5, 0.6) is 0 Å². The number of hydrogen-bond acceptors (Lipinski definition) is 0. The molecule has 3 unspecified atom stereocenters. The van der Waals surface area contributed by atoms with Gasteiger partial charge >= 0.3 is 0 Å². The molecule has 0 rings (SSSR count). The van der Waals surface area contributed by atoms with E-state index in [0.717, 1.165) is 23.7 Å². The van der Waals surface area contributed by atoms with Crippen LogP contribution in [0.25, 0.3) is 0 Å². The summed E-state index contributed by atoms with van der Waals surface area (Å²) >= 11 is 0. The van der Waals surface area contributed by atoms with Gasteiger partial charge in [-0.3, -0.25) is 0 Å². The topological polar surface area (TPSA) is 0 Å². The molecule has 0 aliphatic rings. The number of hydrogen-bond donors (Lipinski definition) is 0. The Kier molecular flexibility index (Phi) is 9.97. The van der Waals surface area contributed by atoms with Gasteiger partial charge < -0.3 is 0 Å². The highest BCUT2D eigenvalue weighted by Gasteiger charge is 2.26. The zero-order valence-corrected chi connectivity index (χ0v) is 13.3. The Labute approximate surface area is 111 Å². The van der Waals surface area contributed by atoms with E-state index in [4.69, 9.17) is 0 Å². The summed E-state index contributed by atoms with van der Waals surface area (Å²) < 4.78 is 0. The molecule has 0 radical (unpaired) electrons. The van der Waals surface area contributed by atoms with Gasteiger partial charge in [0.15, 0.2) is 0 Å². The van der Waals surface area contributed by atoms with E-state index in [1.807, 2.05) is 0 Å². The van der Waals surface area contributed by atoms with Crippen LogP contribution in [0.4, 0.5) is 0 Å². The van der Waals surface area contributed by atoms with Gasteiger partial charge in [-0.15, -0.1) is 0 Å². The SMILES string of the molecule is CCCCCCC(CC)C(C(C)C)C(C)CC. The fourth-order valence-electron chi connectivity index (χ4n) is 3.44. The molecule has 0 nitrogen and oxygen atoms in total. The summed E-state index contributed by atoms with van der Waals surface area (Å²) in [6, 6.07) is 0. The van der Waals surface area contributed by atoms with Crippen LogP contribution < -0.4 is 0 Å². The second kappa shape index (κ2) is 9.97. The van der Waals surface area contributed by atoms with Crippen LogP contribution in [-0.4, -0.2) is 0 Å². The average molecular weight is 240 g/mol. The Morgan fingerprint density at radius 3 is 1.82 bits per heavy atom. The van der Waals surface area contributed by atoms with Crippen LogP contribution in [0.15, 0.2) is 0 Å². The molecule has 0 amide bonds. The van der Waals surface area contributed by atoms with Gasteiger partial charge in [-0.25, -0.2) is 0 Å². The molecule has 0 aliphatic heterocycles. The van der Waals surface area contributed by atoms with Crippen LogP contribution in [0.3, 0.4) is 0 Å². The smallest absolute Gasteiger partial charge is 0.0337 e. The average Bonchev–Trinajstić information content (AvgIpc) is 2.31. The van der Waals surface area contributed by atoms with Crippen molar-refractivity contribution in [3.63, 3.8) is 0 Å². The molecular weight excluding hydrogens is 204 g/mol. The molecule has 0 bridgehead atoms. The van der Waals surface area contributed by atoms with Crippen molar-refractivity contribution < 1.29 is 0 Å². The molecule has 0 heteroatoms. The van der Waals surface area contributed by atoms with E-state index < -0.39 is 0 Å². The maximum absolute atomic E-state index is 2.46. The van der Waals surface area contributed by atoms with Crippen LogP contribution >= 0.6 is 0 Å². The van der Waals surface area contributed by atoms with E-state index in [1.54, 1.807) is 0 Å². The van der Waals surface area contributed by atoms with Crippen LogP contribution in [0.1, 0.15) is 86.5 Å². The Bertz CT molecular complexity index is 159. The molecule has 0 saturated heterocycles. The molecule has 0 heterocycles. The quantitative estimate of drug-likeness (QED) is 0.393. The lowest BCUT2D eigenvalue weighted by molar-refractivity contribution is 0.154. The van der Waals surface area contributed by atoms with E-state index in [1.165, 1.54) is 44.9 Å². The van der Waals surface area contributed by atoms with Crippen molar-refractivity contribution in [2.75, 3.05) is 0 Å². The first-order valence-electron chi connectivity index (χ1n) is 8.08. The van der Waals surface area contributed by atoms with E-state index in [9.17, 15) is 0 Å². The molecule has 0 N–H and O–H groups in total. The van der Waals surface area contributed by atoms with Gasteiger partial charge in [-0.1, -0.05) is 86.5 Å².